The smallest absolute Gasteiger partial charge is 0.0468 e. The SMILES string of the molecule is CC(C)C(C)(N)CC1CCOCC1. The van der Waals surface area contributed by atoms with Crippen molar-refractivity contribution in [3.05, 3.63) is 0 Å². The Morgan fingerprint density at radius 2 is 1.92 bits per heavy atom. The van der Waals surface area contributed by atoms with Crippen molar-refractivity contribution in [2.24, 2.45) is 17.6 Å². The van der Waals surface area contributed by atoms with Gasteiger partial charge in [0.2, 0.25) is 0 Å². The second kappa shape index (κ2) is 4.43. The van der Waals surface area contributed by atoms with E-state index in [0.717, 1.165) is 25.6 Å². The molecule has 1 atom stereocenters. The largest absolute Gasteiger partial charge is 0.381 e. The molecule has 2 nitrogen and oxygen atoms in total. The van der Waals surface area contributed by atoms with Crippen LogP contribution in [0.15, 0.2) is 0 Å². The van der Waals surface area contributed by atoms with Crippen LogP contribution < -0.4 is 5.73 Å². The molecular weight excluding hydrogens is 162 g/mol. The van der Waals surface area contributed by atoms with Crippen molar-refractivity contribution in [1.82, 2.24) is 0 Å². The molecule has 1 unspecified atom stereocenters. The van der Waals surface area contributed by atoms with Crippen molar-refractivity contribution in [2.75, 3.05) is 13.2 Å². The summed E-state index contributed by atoms with van der Waals surface area (Å²) in [6.07, 6.45) is 3.53. The summed E-state index contributed by atoms with van der Waals surface area (Å²) in [6.45, 7) is 8.45. The Kier molecular flexibility index (Phi) is 3.74. The third-order valence-corrected chi connectivity index (χ3v) is 3.39. The Morgan fingerprint density at radius 3 is 2.38 bits per heavy atom. The van der Waals surface area contributed by atoms with Crippen molar-refractivity contribution >= 4 is 0 Å². The molecule has 1 rings (SSSR count). The maximum atomic E-state index is 6.25. The predicted molar refractivity (Wildman–Crippen MR) is 55.6 cm³/mol. The van der Waals surface area contributed by atoms with E-state index in [-0.39, 0.29) is 5.54 Å². The minimum atomic E-state index is 0.00199. The van der Waals surface area contributed by atoms with Gasteiger partial charge in [0.15, 0.2) is 0 Å². The standard InChI is InChI=1S/C11H23NO/c1-9(2)11(3,12)8-10-4-6-13-7-5-10/h9-10H,4-8,12H2,1-3H3. The summed E-state index contributed by atoms with van der Waals surface area (Å²) in [5.74, 6) is 1.35. The lowest BCUT2D eigenvalue weighted by atomic mass is 9.79. The maximum absolute atomic E-state index is 6.25. The second-order valence-corrected chi connectivity index (χ2v) is 4.92. The van der Waals surface area contributed by atoms with Crippen LogP contribution in [0.3, 0.4) is 0 Å². The molecule has 0 aromatic carbocycles. The van der Waals surface area contributed by atoms with Gasteiger partial charge in [-0.25, -0.2) is 0 Å². The Hall–Kier alpha value is -0.0800. The molecule has 1 aliphatic heterocycles. The summed E-state index contributed by atoms with van der Waals surface area (Å²) in [5.41, 5.74) is 6.25. The average molecular weight is 185 g/mol. The van der Waals surface area contributed by atoms with Crippen molar-refractivity contribution in [3.63, 3.8) is 0 Å². The van der Waals surface area contributed by atoms with Crippen LogP contribution in [0.25, 0.3) is 0 Å². The Balaban J connectivity index is 2.37. The molecule has 1 fully saturated rings. The summed E-state index contributed by atoms with van der Waals surface area (Å²) in [7, 11) is 0. The van der Waals surface area contributed by atoms with Gasteiger partial charge in [-0.2, -0.15) is 0 Å². The predicted octanol–water partition coefficient (Wildman–Crippen LogP) is 2.18. The van der Waals surface area contributed by atoms with Gasteiger partial charge in [-0.1, -0.05) is 13.8 Å². The van der Waals surface area contributed by atoms with Crippen molar-refractivity contribution in [3.8, 4) is 0 Å². The molecule has 13 heavy (non-hydrogen) atoms. The zero-order valence-electron chi connectivity index (χ0n) is 9.18. The van der Waals surface area contributed by atoms with Gasteiger partial charge in [0.05, 0.1) is 0 Å². The molecule has 0 aromatic rings. The van der Waals surface area contributed by atoms with Crippen LogP contribution in [0.4, 0.5) is 0 Å². The maximum Gasteiger partial charge on any atom is 0.0468 e. The first-order chi connectivity index (χ1) is 6.02. The quantitative estimate of drug-likeness (QED) is 0.731. The molecule has 2 heteroatoms. The number of hydrogen-bond donors (Lipinski definition) is 1. The number of rotatable bonds is 3. The third kappa shape index (κ3) is 3.28. The number of hydrogen-bond acceptors (Lipinski definition) is 2. The van der Waals surface area contributed by atoms with Gasteiger partial charge in [-0.05, 0) is 38.0 Å². The first-order valence-electron chi connectivity index (χ1n) is 5.39. The van der Waals surface area contributed by atoms with Gasteiger partial charge in [-0.3, -0.25) is 0 Å². The fourth-order valence-corrected chi connectivity index (χ4v) is 1.81. The van der Waals surface area contributed by atoms with Crippen LogP contribution in [0.1, 0.15) is 40.0 Å². The molecule has 1 heterocycles. The minimum Gasteiger partial charge on any atom is -0.381 e. The van der Waals surface area contributed by atoms with Crippen LogP contribution in [-0.2, 0) is 4.74 Å². The zero-order valence-corrected chi connectivity index (χ0v) is 9.18. The van der Waals surface area contributed by atoms with Gasteiger partial charge < -0.3 is 10.5 Å². The second-order valence-electron chi connectivity index (χ2n) is 4.92. The molecule has 0 saturated carbocycles. The highest BCUT2D eigenvalue weighted by Gasteiger charge is 2.27. The van der Waals surface area contributed by atoms with Crippen LogP contribution >= 0.6 is 0 Å². The van der Waals surface area contributed by atoms with Crippen LogP contribution in [0, 0.1) is 11.8 Å². The van der Waals surface area contributed by atoms with E-state index < -0.39 is 0 Å². The first kappa shape index (κ1) is 11.0. The average Bonchev–Trinajstić information content (AvgIpc) is 2.05. The fraction of sp³-hybridized carbons (Fsp3) is 1.00. The van der Waals surface area contributed by atoms with Crippen LogP contribution in [0.5, 0.6) is 0 Å². The lowest BCUT2D eigenvalue weighted by Gasteiger charge is -2.34. The summed E-state index contributed by atoms with van der Waals surface area (Å²) < 4.78 is 5.33. The molecule has 0 amide bonds. The Bertz CT molecular complexity index is 148. The van der Waals surface area contributed by atoms with E-state index in [1.165, 1.54) is 12.8 Å². The molecule has 0 aliphatic carbocycles. The van der Waals surface area contributed by atoms with Gasteiger partial charge in [0.1, 0.15) is 0 Å². The molecule has 0 spiro atoms. The van der Waals surface area contributed by atoms with E-state index in [2.05, 4.69) is 20.8 Å². The highest BCUT2D eigenvalue weighted by molar-refractivity contribution is 4.85. The zero-order chi connectivity index (χ0) is 9.90. The van der Waals surface area contributed by atoms with Gasteiger partial charge >= 0.3 is 0 Å². The Labute approximate surface area is 81.8 Å². The molecule has 0 radical (unpaired) electrons. The van der Waals surface area contributed by atoms with E-state index in [4.69, 9.17) is 10.5 Å². The molecule has 1 aliphatic rings. The summed E-state index contributed by atoms with van der Waals surface area (Å²) >= 11 is 0. The molecule has 0 bridgehead atoms. The van der Waals surface area contributed by atoms with Gasteiger partial charge in [-0.15, -0.1) is 0 Å². The number of nitrogens with two attached hydrogens (primary N) is 1. The highest BCUT2D eigenvalue weighted by Crippen LogP contribution is 2.28. The summed E-state index contributed by atoms with van der Waals surface area (Å²) in [6, 6.07) is 0. The van der Waals surface area contributed by atoms with Crippen molar-refractivity contribution in [2.45, 2.75) is 45.6 Å². The van der Waals surface area contributed by atoms with E-state index in [1.807, 2.05) is 0 Å². The topological polar surface area (TPSA) is 35.2 Å². The Morgan fingerprint density at radius 1 is 1.38 bits per heavy atom. The van der Waals surface area contributed by atoms with E-state index in [9.17, 15) is 0 Å². The van der Waals surface area contributed by atoms with Crippen molar-refractivity contribution in [1.29, 1.82) is 0 Å². The van der Waals surface area contributed by atoms with Crippen LogP contribution in [0.2, 0.25) is 0 Å². The van der Waals surface area contributed by atoms with Crippen LogP contribution in [-0.4, -0.2) is 18.8 Å². The lowest BCUT2D eigenvalue weighted by Crippen LogP contribution is -2.44. The molecule has 2 N–H and O–H groups in total. The minimum absolute atomic E-state index is 0.00199. The summed E-state index contributed by atoms with van der Waals surface area (Å²) in [4.78, 5) is 0. The monoisotopic (exact) mass is 185 g/mol. The van der Waals surface area contributed by atoms with E-state index in [1.54, 1.807) is 0 Å². The normalized spacial score (nSPS) is 24.7. The summed E-state index contributed by atoms with van der Waals surface area (Å²) in [5, 5.41) is 0. The van der Waals surface area contributed by atoms with Gasteiger partial charge in [0.25, 0.3) is 0 Å². The third-order valence-electron chi connectivity index (χ3n) is 3.39. The lowest BCUT2D eigenvalue weighted by molar-refractivity contribution is 0.0538. The van der Waals surface area contributed by atoms with Gasteiger partial charge in [0, 0.05) is 18.8 Å². The highest BCUT2D eigenvalue weighted by atomic mass is 16.5. The van der Waals surface area contributed by atoms with E-state index in [0.29, 0.717) is 5.92 Å². The first-order valence-corrected chi connectivity index (χ1v) is 5.39. The number of ether oxygens (including phenoxy) is 1. The molecule has 1 saturated heterocycles. The van der Waals surface area contributed by atoms with Crippen molar-refractivity contribution < 1.29 is 4.74 Å². The molecule has 78 valence electrons. The molecular formula is C11H23NO. The van der Waals surface area contributed by atoms with E-state index >= 15 is 0 Å². The molecule has 0 aromatic heterocycles. The fourth-order valence-electron chi connectivity index (χ4n) is 1.81.